The highest BCUT2D eigenvalue weighted by molar-refractivity contribution is 5.15. The molecule has 0 aliphatic rings. The van der Waals surface area contributed by atoms with Gasteiger partial charge in [-0.05, 0) is 24.8 Å². The van der Waals surface area contributed by atoms with Crippen molar-refractivity contribution < 1.29 is 0 Å². The minimum absolute atomic E-state index is 0.0424. The molecule has 0 fully saturated rings. The highest BCUT2D eigenvalue weighted by Crippen LogP contribution is 2.15. The van der Waals surface area contributed by atoms with Crippen molar-refractivity contribution in [1.29, 1.82) is 0 Å². The van der Waals surface area contributed by atoms with E-state index in [2.05, 4.69) is 46.0 Å². The molecule has 0 radical (unpaired) electrons. The first-order valence-electron chi connectivity index (χ1n) is 6.48. The van der Waals surface area contributed by atoms with Gasteiger partial charge >= 0.3 is 0 Å². The molecule has 0 amide bonds. The van der Waals surface area contributed by atoms with Gasteiger partial charge < -0.3 is 10.3 Å². The van der Waals surface area contributed by atoms with Crippen molar-refractivity contribution in [2.24, 2.45) is 5.73 Å². The molecule has 2 aromatic rings. The van der Waals surface area contributed by atoms with Crippen molar-refractivity contribution in [1.82, 2.24) is 14.8 Å². The summed E-state index contributed by atoms with van der Waals surface area (Å²) in [5, 5.41) is 8.08. The van der Waals surface area contributed by atoms with E-state index >= 15 is 0 Å². The van der Waals surface area contributed by atoms with Crippen LogP contribution >= 0.6 is 0 Å². The predicted octanol–water partition coefficient (Wildman–Crippen LogP) is 2.32. The predicted molar refractivity (Wildman–Crippen MR) is 72.0 cm³/mol. The number of rotatable bonds is 6. The molecule has 0 unspecified atom stereocenters. The van der Waals surface area contributed by atoms with Crippen LogP contribution in [-0.4, -0.2) is 14.8 Å². The second-order valence-electron chi connectivity index (χ2n) is 4.51. The Morgan fingerprint density at radius 2 is 2.06 bits per heavy atom. The van der Waals surface area contributed by atoms with Gasteiger partial charge in [0.05, 0.1) is 6.04 Å². The summed E-state index contributed by atoms with van der Waals surface area (Å²) in [5.41, 5.74) is 7.51. The lowest BCUT2D eigenvalue weighted by atomic mass is 10.1. The van der Waals surface area contributed by atoms with Crippen LogP contribution in [0.25, 0.3) is 0 Å². The largest absolute Gasteiger partial charge is 0.321 e. The summed E-state index contributed by atoms with van der Waals surface area (Å²) in [4.78, 5) is 0. The van der Waals surface area contributed by atoms with Gasteiger partial charge in [0, 0.05) is 6.54 Å². The Balaban J connectivity index is 1.95. The van der Waals surface area contributed by atoms with Crippen LogP contribution in [0.2, 0.25) is 0 Å². The number of nitrogens with two attached hydrogens (primary N) is 1. The third kappa shape index (κ3) is 3.17. The van der Waals surface area contributed by atoms with Gasteiger partial charge in [-0.25, -0.2) is 0 Å². The van der Waals surface area contributed by atoms with Crippen LogP contribution in [-0.2, 0) is 13.0 Å². The third-order valence-corrected chi connectivity index (χ3v) is 3.03. The van der Waals surface area contributed by atoms with Crippen LogP contribution in [0.5, 0.6) is 0 Å². The maximum atomic E-state index is 6.20. The van der Waals surface area contributed by atoms with Crippen molar-refractivity contribution in [3.05, 3.63) is 48.0 Å². The molecule has 0 saturated heterocycles. The minimum Gasteiger partial charge on any atom is -0.321 e. The molecular formula is C14H20N4. The number of hydrogen-bond acceptors (Lipinski definition) is 3. The first-order chi connectivity index (χ1) is 8.81. The van der Waals surface area contributed by atoms with Crippen LogP contribution in [0.15, 0.2) is 36.7 Å². The highest BCUT2D eigenvalue weighted by Gasteiger charge is 2.13. The Labute approximate surface area is 108 Å². The van der Waals surface area contributed by atoms with Gasteiger partial charge in [0.1, 0.15) is 12.2 Å². The van der Waals surface area contributed by atoms with E-state index in [4.69, 9.17) is 5.73 Å². The molecule has 1 aromatic carbocycles. The lowest BCUT2D eigenvalue weighted by molar-refractivity contribution is 0.549. The topological polar surface area (TPSA) is 56.7 Å². The van der Waals surface area contributed by atoms with Gasteiger partial charge in [0.25, 0.3) is 0 Å². The molecule has 4 nitrogen and oxygen atoms in total. The molecule has 4 heteroatoms. The molecule has 1 atom stereocenters. The molecule has 18 heavy (non-hydrogen) atoms. The summed E-state index contributed by atoms with van der Waals surface area (Å²) in [6.07, 6.45) is 4.70. The zero-order valence-electron chi connectivity index (χ0n) is 10.8. The second kappa shape index (κ2) is 6.31. The van der Waals surface area contributed by atoms with Crippen LogP contribution < -0.4 is 5.73 Å². The van der Waals surface area contributed by atoms with E-state index in [1.165, 1.54) is 5.56 Å². The van der Waals surface area contributed by atoms with E-state index in [0.29, 0.717) is 0 Å². The summed E-state index contributed by atoms with van der Waals surface area (Å²) in [7, 11) is 0. The second-order valence-corrected chi connectivity index (χ2v) is 4.51. The fourth-order valence-corrected chi connectivity index (χ4v) is 2.06. The Hall–Kier alpha value is -1.68. The number of benzene rings is 1. The molecule has 0 aliphatic heterocycles. The van der Waals surface area contributed by atoms with Crippen LogP contribution in [0.1, 0.15) is 37.2 Å². The normalized spacial score (nSPS) is 12.6. The van der Waals surface area contributed by atoms with Crippen molar-refractivity contribution in [2.45, 2.75) is 38.8 Å². The first-order valence-corrected chi connectivity index (χ1v) is 6.48. The van der Waals surface area contributed by atoms with Gasteiger partial charge in [0.2, 0.25) is 0 Å². The fourth-order valence-electron chi connectivity index (χ4n) is 2.06. The van der Waals surface area contributed by atoms with E-state index in [1.807, 2.05) is 6.07 Å². The average Bonchev–Trinajstić information content (AvgIpc) is 2.86. The van der Waals surface area contributed by atoms with E-state index in [-0.39, 0.29) is 6.04 Å². The van der Waals surface area contributed by atoms with Gasteiger partial charge in [-0.2, -0.15) is 0 Å². The van der Waals surface area contributed by atoms with Gasteiger partial charge in [-0.15, -0.1) is 10.2 Å². The average molecular weight is 244 g/mol. The number of hydrogen-bond donors (Lipinski definition) is 1. The Morgan fingerprint density at radius 3 is 2.78 bits per heavy atom. The quantitative estimate of drug-likeness (QED) is 0.848. The highest BCUT2D eigenvalue weighted by atomic mass is 15.3. The van der Waals surface area contributed by atoms with Crippen molar-refractivity contribution >= 4 is 0 Å². The van der Waals surface area contributed by atoms with Crippen molar-refractivity contribution in [3.63, 3.8) is 0 Å². The number of aryl methyl sites for hydroxylation is 2. The zero-order chi connectivity index (χ0) is 12.8. The lowest BCUT2D eigenvalue weighted by Gasteiger charge is -2.12. The molecule has 0 bridgehead atoms. The SMILES string of the molecule is CCCn1cnnc1[C@@H](N)CCc1ccccc1. The summed E-state index contributed by atoms with van der Waals surface area (Å²) in [6.45, 7) is 3.07. The molecule has 2 rings (SSSR count). The van der Waals surface area contributed by atoms with Gasteiger partial charge in [-0.3, -0.25) is 0 Å². The molecule has 0 aliphatic carbocycles. The van der Waals surface area contributed by atoms with Crippen LogP contribution in [0.4, 0.5) is 0 Å². The molecule has 0 saturated carbocycles. The zero-order valence-corrected chi connectivity index (χ0v) is 10.8. The van der Waals surface area contributed by atoms with Crippen LogP contribution in [0.3, 0.4) is 0 Å². The Morgan fingerprint density at radius 1 is 1.28 bits per heavy atom. The molecule has 96 valence electrons. The summed E-state index contributed by atoms with van der Waals surface area (Å²) >= 11 is 0. The van der Waals surface area contributed by atoms with Crippen molar-refractivity contribution in [2.75, 3.05) is 0 Å². The standard InChI is InChI=1S/C14H20N4/c1-2-10-18-11-16-17-14(18)13(15)9-8-12-6-4-3-5-7-12/h3-7,11,13H,2,8-10,15H2,1H3/t13-/m0/s1. The lowest BCUT2D eigenvalue weighted by Crippen LogP contribution is -2.17. The monoisotopic (exact) mass is 244 g/mol. The summed E-state index contributed by atoms with van der Waals surface area (Å²) in [5.74, 6) is 0.896. The van der Waals surface area contributed by atoms with Gasteiger partial charge in [0.15, 0.2) is 0 Å². The first kappa shape index (κ1) is 12.8. The van der Waals surface area contributed by atoms with E-state index < -0.39 is 0 Å². The number of nitrogens with zero attached hydrogens (tertiary/aromatic N) is 3. The Bertz CT molecular complexity index is 464. The van der Waals surface area contributed by atoms with Crippen molar-refractivity contribution in [3.8, 4) is 0 Å². The molecule has 1 heterocycles. The maximum Gasteiger partial charge on any atom is 0.149 e. The molecular weight excluding hydrogens is 224 g/mol. The Kier molecular flexibility index (Phi) is 4.47. The maximum absolute atomic E-state index is 6.20. The molecule has 1 aromatic heterocycles. The smallest absolute Gasteiger partial charge is 0.149 e. The fraction of sp³-hybridized carbons (Fsp3) is 0.429. The third-order valence-electron chi connectivity index (χ3n) is 3.03. The summed E-state index contributed by atoms with van der Waals surface area (Å²) < 4.78 is 2.05. The number of aromatic nitrogens is 3. The molecule has 0 spiro atoms. The summed E-state index contributed by atoms with van der Waals surface area (Å²) in [6, 6.07) is 10.4. The molecule has 2 N–H and O–H groups in total. The van der Waals surface area contributed by atoms with E-state index in [0.717, 1.165) is 31.6 Å². The van der Waals surface area contributed by atoms with E-state index in [1.54, 1.807) is 6.33 Å². The van der Waals surface area contributed by atoms with Crippen LogP contribution in [0, 0.1) is 0 Å². The van der Waals surface area contributed by atoms with E-state index in [9.17, 15) is 0 Å². The van der Waals surface area contributed by atoms with Gasteiger partial charge in [-0.1, -0.05) is 37.3 Å². The minimum atomic E-state index is -0.0424.